The van der Waals surface area contributed by atoms with Gasteiger partial charge in [-0.05, 0) is 50.4 Å². The molecule has 1 unspecified atom stereocenters. The van der Waals surface area contributed by atoms with Crippen LogP contribution in [0.1, 0.15) is 6.92 Å². The highest BCUT2D eigenvalue weighted by molar-refractivity contribution is 6.87. The van der Waals surface area contributed by atoms with E-state index in [1.165, 1.54) is 10.7 Å². The molecule has 0 aromatic carbocycles. The Kier molecular flexibility index (Phi) is 3.22. The summed E-state index contributed by atoms with van der Waals surface area (Å²) in [7, 11) is -4.32. The van der Waals surface area contributed by atoms with E-state index in [-0.39, 0.29) is 0 Å². The fourth-order valence-electron chi connectivity index (χ4n) is 2.51. The topological polar surface area (TPSA) is 18.5 Å². The summed E-state index contributed by atoms with van der Waals surface area (Å²) in [6.45, 7) is 13.3. The molecule has 0 saturated carbocycles. The molecular weight excluding hydrogens is 260 g/mol. The van der Waals surface area contributed by atoms with Crippen molar-refractivity contribution >= 4 is 30.7 Å². The van der Waals surface area contributed by atoms with Crippen LogP contribution in [0.25, 0.3) is 0 Å². The maximum atomic E-state index is 6.43. The Labute approximate surface area is 108 Å². The molecule has 0 amide bonds. The SMILES string of the molecule is CC1=CC2C=CC1=[Si]2O[Si](C)(C)O[Si](C)(C)C. The van der Waals surface area contributed by atoms with E-state index < -0.39 is 25.5 Å². The predicted molar refractivity (Wildman–Crippen MR) is 80.4 cm³/mol. The number of fused-ring (bicyclic) bond motifs is 1. The first-order valence-corrected chi connectivity index (χ1v) is 13.9. The maximum absolute atomic E-state index is 6.43. The van der Waals surface area contributed by atoms with Gasteiger partial charge in [-0.1, -0.05) is 18.2 Å². The molecule has 0 aromatic heterocycles. The van der Waals surface area contributed by atoms with Crippen LogP contribution >= 0.6 is 0 Å². The second kappa shape index (κ2) is 4.15. The molecule has 17 heavy (non-hydrogen) atoms. The summed E-state index contributed by atoms with van der Waals surface area (Å²) in [6.07, 6.45) is 6.89. The molecular formula is C12H22O2Si3. The zero-order chi connectivity index (χ0) is 12.8. The van der Waals surface area contributed by atoms with Gasteiger partial charge in [-0.25, -0.2) is 0 Å². The summed E-state index contributed by atoms with van der Waals surface area (Å²) in [5.74, 6) is 0. The third-order valence-corrected chi connectivity index (χ3v) is 12.1. The Morgan fingerprint density at radius 3 is 2.24 bits per heavy atom. The number of rotatable bonds is 4. The van der Waals surface area contributed by atoms with Crippen LogP contribution in [0, 0.1) is 0 Å². The van der Waals surface area contributed by atoms with Crippen molar-refractivity contribution in [2.75, 3.05) is 0 Å². The lowest BCUT2D eigenvalue weighted by atomic mass is 10.1. The molecule has 0 aliphatic carbocycles. The molecule has 0 saturated heterocycles. The van der Waals surface area contributed by atoms with Crippen LogP contribution in [-0.4, -0.2) is 30.7 Å². The van der Waals surface area contributed by atoms with Crippen LogP contribution in [0.3, 0.4) is 0 Å². The fraction of sp³-hybridized carbons (Fsp3) is 0.583. The average Bonchev–Trinajstić information content (AvgIpc) is 2.55. The first-order chi connectivity index (χ1) is 7.68. The van der Waals surface area contributed by atoms with E-state index in [1.807, 2.05) is 0 Å². The van der Waals surface area contributed by atoms with Gasteiger partial charge in [0.05, 0.1) is 0 Å². The third-order valence-electron chi connectivity index (χ3n) is 2.80. The standard InChI is InChI=1S/C12H22O2Si3/c1-10-9-11-7-8-12(10)15(11)13-17(5,6)14-16(2,3)4/h7-9,11H,1-6H3. The molecule has 0 spiro atoms. The monoisotopic (exact) mass is 282 g/mol. The predicted octanol–water partition coefficient (Wildman–Crippen LogP) is 3.20. The van der Waals surface area contributed by atoms with Crippen LogP contribution in [0.4, 0.5) is 0 Å². The summed E-state index contributed by atoms with van der Waals surface area (Å²) in [5.41, 5.74) is 1.97. The minimum Gasteiger partial charge on any atom is -0.586 e. The van der Waals surface area contributed by atoms with E-state index in [0.717, 1.165) is 0 Å². The molecule has 94 valence electrons. The van der Waals surface area contributed by atoms with Crippen molar-refractivity contribution < 1.29 is 8.23 Å². The van der Waals surface area contributed by atoms with E-state index >= 15 is 0 Å². The van der Waals surface area contributed by atoms with Crippen LogP contribution < -0.4 is 0 Å². The molecule has 2 nitrogen and oxygen atoms in total. The van der Waals surface area contributed by atoms with Crippen molar-refractivity contribution in [1.82, 2.24) is 0 Å². The molecule has 5 heteroatoms. The lowest BCUT2D eigenvalue weighted by Gasteiger charge is -2.32. The smallest absolute Gasteiger partial charge is 0.367 e. The number of allylic oxidation sites excluding steroid dienone is 4. The van der Waals surface area contributed by atoms with Gasteiger partial charge in [0.2, 0.25) is 8.65 Å². The van der Waals surface area contributed by atoms with Gasteiger partial charge in [0.1, 0.15) is 0 Å². The van der Waals surface area contributed by atoms with E-state index in [9.17, 15) is 0 Å². The second-order valence-electron chi connectivity index (χ2n) is 6.23. The lowest BCUT2D eigenvalue weighted by Crippen LogP contribution is -2.47. The second-order valence-corrected chi connectivity index (χ2v) is 16.8. The van der Waals surface area contributed by atoms with Gasteiger partial charge in [-0.15, -0.1) is 0 Å². The van der Waals surface area contributed by atoms with Crippen molar-refractivity contribution in [2.45, 2.75) is 45.2 Å². The van der Waals surface area contributed by atoms with Gasteiger partial charge >= 0.3 is 8.56 Å². The summed E-state index contributed by atoms with van der Waals surface area (Å²) < 4.78 is 12.7. The normalized spacial score (nSPS) is 23.4. The van der Waals surface area contributed by atoms with Gasteiger partial charge in [0.15, 0.2) is 8.32 Å². The average molecular weight is 283 g/mol. The van der Waals surface area contributed by atoms with E-state index in [1.54, 1.807) is 0 Å². The Morgan fingerprint density at radius 2 is 1.82 bits per heavy atom. The molecule has 2 heterocycles. The molecule has 0 N–H and O–H groups in total. The molecule has 2 aliphatic rings. The third kappa shape index (κ3) is 2.96. The molecule has 1 atom stereocenters. The van der Waals surface area contributed by atoms with Crippen LogP contribution in [0.2, 0.25) is 38.3 Å². The Balaban J connectivity index is 2.09. The van der Waals surface area contributed by atoms with Gasteiger partial charge in [-0.3, -0.25) is 0 Å². The molecule has 2 aliphatic heterocycles. The quantitative estimate of drug-likeness (QED) is 0.737. The molecule has 2 rings (SSSR count). The van der Waals surface area contributed by atoms with E-state index in [0.29, 0.717) is 5.54 Å². The molecule has 0 fully saturated rings. The highest BCUT2D eigenvalue weighted by Crippen LogP contribution is 2.31. The Hall–Kier alpha value is -0.239. The minimum absolute atomic E-state index is 0.548. The first kappa shape index (κ1) is 13.2. The van der Waals surface area contributed by atoms with Crippen LogP contribution in [0.15, 0.2) is 23.8 Å². The number of hydrogen-bond donors (Lipinski definition) is 0. The molecule has 0 radical (unpaired) electrons. The highest BCUT2D eigenvalue weighted by Gasteiger charge is 2.38. The van der Waals surface area contributed by atoms with Crippen molar-refractivity contribution in [3.05, 3.63) is 23.8 Å². The van der Waals surface area contributed by atoms with E-state index in [2.05, 4.69) is 57.9 Å². The van der Waals surface area contributed by atoms with Gasteiger partial charge in [-0.2, -0.15) is 0 Å². The lowest BCUT2D eigenvalue weighted by molar-refractivity contribution is 0.407. The van der Waals surface area contributed by atoms with Crippen LogP contribution in [0.5, 0.6) is 0 Å². The molecule has 2 bridgehead atoms. The summed E-state index contributed by atoms with van der Waals surface area (Å²) in [5, 5.41) is 1.46. The van der Waals surface area contributed by atoms with E-state index in [4.69, 9.17) is 8.23 Å². The summed E-state index contributed by atoms with van der Waals surface area (Å²) in [6, 6.07) is 0. The zero-order valence-corrected chi connectivity index (χ0v) is 14.6. The summed E-state index contributed by atoms with van der Waals surface area (Å²) >= 11 is 0. The fourth-order valence-corrected chi connectivity index (χ4v) is 13.8. The van der Waals surface area contributed by atoms with Crippen molar-refractivity contribution in [3.8, 4) is 0 Å². The zero-order valence-electron chi connectivity index (χ0n) is 11.6. The van der Waals surface area contributed by atoms with Crippen molar-refractivity contribution in [3.63, 3.8) is 0 Å². The maximum Gasteiger partial charge on any atom is 0.367 e. The van der Waals surface area contributed by atoms with Crippen molar-refractivity contribution in [1.29, 1.82) is 0 Å². The Morgan fingerprint density at radius 1 is 1.18 bits per heavy atom. The first-order valence-electron chi connectivity index (χ1n) is 6.18. The summed E-state index contributed by atoms with van der Waals surface area (Å²) in [4.78, 5) is 0. The Bertz CT molecular complexity index is 428. The van der Waals surface area contributed by atoms with Crippen LogP contribution in [-0.2, 0) is 8.23 Å². The van der Waals surface area contributed by atoms with Gasteiger partial charge in [0.25, 0.3) is 0 Å². The minimum atomic E-state index is -1.96. The van der Waals surface area contributed by atoms with Gasteiger partial charge < -0.3 is 8.23 Å². The number of hydrogen-bond acceptors (Lipinski definition) is 2. The highest BCUT2D eigenvalue weighted by atomic mass is 28.5. The van der Waals surface area contributed by atoms with Crippen molar-refractivity contribution in [2.24, 2.45) is 0 Å². The molecule has 0 aromatic rings. The van der Waals surface area contributed by atoms with Gasteiger partial charge in [0, 0.05) is 5.54 Å². The largest absolute Gasteiger partial charge is 0.586 e.